The van der Waals surface area contributed by atoms with Crippen LogP contribution in [-0.4, -0.2) is 101 Å². The van der Waals surface area contributed by atoms with Gasteiger partial charge in [-0.05, 0) is 45.4 Å². The first-order chi connectivity index (χ1) is 16.6. The molecule has 4 atom stereocenters. The fraction of sp³-hybridized carbons (Fsp3) is 0.714. The quantitative estimate of drug-likeness (QED) is 0.0975. The van der Waals surface area contributed by atoms with Crippen LogP contribution in [0.2, 0.25) is 0 Å². The molecule has 0 radical (unpaired) electrons. The van der Waals surface area contributed by atoms with E-state index in [-0.39, 0.29) is 31.4 Å². The third kappa shape index (κ3) is 7.53. The summed E-state index contributed by atoms with van der Waals surface area (Å²) < 4.78 is 0. The molecule has 35 heavy (non-hydrogen) atoms. The molecule has 2 aliphatic heterocycles. The van der Waals surface area contributed by atoms with Gasteiger partial charge in [-0.25, -0.2) is 0 Å². The van der Waals surface area contributed by atoms with Crippen LogP contribution in [0.25, 0.3) is 0 Å². The molecule has 0 aromatic rings. The number of amides is 4. The number of rotatable bonds is 11. The van der Waals surface area contributed by atoms with E-state index in [0.717, 1.165) is 0 Å². The third-order valence-electron chi connectivity index (χ3n) is 6.18. The third-order valence-corrected chi connectivity index (χ3v) is 6.18. The van der Waals surface area contributed by atoms with Crippen molar-refractivity contribution in [3.05, 3.63) is 0 Å². The van der Waals surface area contributed by atoms with Gasteiger partial charge in [-0.3, -0.25) is 29.0 Å². The minimum atomic E-state index is -1.19. The Bertz CT molecular complexity index is 846. The van der Waals surface area contributed by atoms with Crippen molar-refractivity contribution >= 4 is 35.6 Å². The number of guanidine groups is 1. The summed E-state index contributed by atoms with van der Waals surface area (Å²) in [6, 6.07) is -3.66. The topological polar surface area (TPSA) is 227 Å². The molecule has 2 saturated heterocycles. The first kappa shape index (κ1) is 27.8. The van der Waals surface area contributed by atoms with Gasteiger partial charge < -0.3 is 42.7 Å². The van der Waals surface area contributed by atoms with Crippen molar-refractivity contribution in [2.45, 2.75) is 69.6 Å². The van der Waals surface area contributed by atoms with Crippen molar-refractivity contribution in [3.63, 3.8) is 0 Å². The largest absolute Gasteiger partial charge is 0.480 e. The Hall–Kier alpha value is -3.42. The van der Waals surface area contributed by atoms with Crippen molar-refractivity contribution in [2.75, 3.05) is 26.2 Å². The number of carboxylic acid groups (broad SMARTS) is 1. The van der Waals surface area contributed by atoms with Crippen LogP contribution in [0.5, 0.6) is 0 Å². The zero-order valence-corrected chi connectivity index (χ0v) is 19.9. The summed E-state index contributed by atoms with van der Waals surface area (Å²) in [7, 11) is 0. The molecule has 14 nitrogen and oxygen atoms in total. The van der Waals surface area contributed by atoms with Crippen LogP contribution < -0.4 is 27.8 Å². The fourth-order valence-corrected chi connectivity index (χ4v) is 4.36. The monoisotopic (exact) mass is 496 g/mol. The lowest BCUT2D eigenvalue weighted by Crippen LogP contribution is -2.57. The van der Waals surface area contributed by atoms with Crippen molar-refractivity contribution in [3.8, 4) is 0 Å². The maximum atomic E-state index is 13.5. The molecule has 14 heteroatoms. The molecule has 0 aromatic heterocycles. The molecule has 0 unspecified atom stereocenters. The van der Waals surface area contributed by atoms with Crippen LogP contribution in [0.3, 0.4) is 0 Å². The maximum Gasteiger partial charge on any atom is 0.325 e. The number of aliphatic imine (C=N–C) groups is 1. The Balaban J connectivity index is 2.15. The van der Waals surface area contributed by atoms with Gasteiger partial charge in [0.25, 0.3) is 0 Å². The number of nitrogens with zero attached hydrogens (tertiary/aromatic N) is 3. The first-order valence-corrected chi connectivity index (χ1v) is 11.8. The average molecular weight is 497 g/mol. The Morgan fingerprint density at radius 2 is 1.57 bits per heavy atom. The van der Waals surface area contributed by atoms with Gasteiger partial charge in [0.2, 0.25) is 23.6 Å². The normalized spacial score (nSPS) is 21.2. The number of hydrogen-bond donors (Lipinski definition) is 6. The van der Waals surface area contributed by atoms with E-state index in [2.05, 4.69) is 15.6 Å². The van der Waals surface area contributed by atoms with Gasteiger partial charge in [0.1, 0.15) is 24.2 Å². The van der Waals surface area contributed by atoms with E-state index in [1.165, 1.54) is 16.7 Å². The maximum absolute atomic E-state index is 13.5. The van der Waals surface area contributed by atoms with E-state index in [1.54, 1.807) is 0 Å². The highest BCUT2D eigenvalue weighted by atomic mass is 16.4. The smallest absolute Gasteiger partial charge is 0.325 e. The first-order valence-electron chi connectivity index (χ1n) is 11.8. The molecule has 0 spiro atoms. The van der Waals surface area contributed by atoms with Gasteiger partial charge in [0.15, 0.2) is 5.96 Å². The Labute approximate surface area is 203 Å². The Morgan fingerprint density at radius 1 is 1.00 bits per heavy atom. The molecule has 2 heterocycles. The zero-order valence-electron chi connectivity index (χ0n) is 19.9. The summed E-state index contributed by atoms with van der Waals surface area (Å²) in [6.45, 7) is 2.06. The number of aliphatic carboxylic acids is 1. The predicted octanol–water partition coefficient (Wildman–Crippen LogP) is -2.95. The summed E-state index contributed by atoms with van der Waals surface area (Å²) in [5.41, 5.74) is 16.2. The van der Waals surface area contributed by atoms with E-state index >= 15 is 0 Å². The van der Waals surface area contributed by atoms with Gasteiger partial charge >= 0.3 is 5.97 Å². The van der Waals surface area contributed by atoms with Gasteiger partial charge in [-0.15, -0.1) is 0 Å². The molecule has 2 rings (SSSR count). The number of carbonyl (C=O) groups is 5. The molecule has 9 N–H and O–H groups in total. The summed E-state index contributed by atoms with van der Waals surface area (Å²) in [5, 5.41) is 14.2. The van der Waals surface area contributed by atoms with Crippen LogP contribution in [0.4, 0.5) is 0 Å². The van der Waals surface area contributed by atoms with Crippen LogP contribution in [-0.2, 0) is 24.0 Å². The van der Waals surface area contributed by atoms with Gasteiger partial charge in [-0.1, -0.05) is 0 Å². The van der Waals surface area contributed by atoms with Crippen LogP contribution in [0.1, 0.15) is 45.4 Å². The fourth-order valence-electron chi connectivity index (χ4n) is 4.36. The second kappa shape index (κ2) is 12.9. The zero-order chi connectivity index (χ0) is 26.1. The van der Waals surface area contributed by atoms with E-state index in [9.17, 15) is 24.0 Å². The number of nitrogens with two attached hydrogens (primary N) is 3. The highest BCUT2D eigenvalue weighted by molar-refractivity contribution is 5.95. The highest BCUT2D eigenvalue weighted by Gasteiger charge is 2.40. The molecular formula is C21H36N8O6. The number of carboxylic acids is 1. The Morgan fingerprint density at radius 3 is 2.14 bits per heavy atom. The SMILES string of the molecule is C[C@H](NC(=O)[C@@H]1CCCN1C(=O)[C@H](CCCN=C(N)N)NC(=O)[C@@H]1CCCN1C(=O)CN)C(=O)O. The van der Waals surface area contributed by atoms with E-state index in [4.69, 9.17) is 22.3 Å². The van der Waals surface area contributed by atoms with Gasteiger partial charge in [-0.2, -0.15) is 0 Å². The molecule has 2 aliphatic rings. The minimum absolute atomic E-state index is 0.0948. The second-order valence-electron chi connectivity index (χ2n) is 8.72. The van der Waals surface area contributed by atoms with E-state index in [0.29, 0.717) is 45.2 Å². The summed E-state index contributed by atoms with van der Waals surface area (Å²) >= 11 is 0. The number of carbonyl (C=O) groups excluding carboxylic acids is 4. The van der Waals surface area contributed by atoms with Crippen molar-refractivity contribution in [2.24, 2.45) is 22.2 Å². The molecule has 0 aliphatic carbocycles. The number of nitrogens with one attached hydrogen (secondary N) is 2. The molecule has 0 bridgehead atoms. The van der Waals surface area contributed by atoms with Crippen molar-refractivity contribution < 1.29 is 29.1 Å². The Kier molecular flexibility index (Phi) is 10.2. The lowest BCUT2D eigenvalue weighted by molar-refractivity contribution is -0.145. The highest BCUT2D eigenvalue weighted by Crippen LogP contribution is 2.21. The number of hydrogen-bond acceptors (Lipinski definition) is 7. The predicted molar refractivity (Wildman–Crippen MR) is 126 cm³/mol. The van der Waals surface area contributed by atoms with Crippen LogP contribution >= 0.6 is 0 Å². The lowest BCUT2D eigenvalue weighted by Gasteiger charge is -2.31. The molecule has 0 aromatic carbocycles. The molecule has 4 amide bonds. The summed E-state index contributed by atoms with van der Waals surface area (Å²) in [6.07, 6.45) is 2.61. The van der Waals surface area contributed by atoms with E-state index < -0.39 is 47.9 Å². The lowest BCUT2D eigenvalue weighted by atomic mass is 10.1. The van der Waals surface area contributed by atoms with E-state index in [1.807, 2.05) is 0 Å². The van der Waals surface area contributed by atoms with Gasteiger partial charge in [0, 0.05) is 19.6 Å². The molecule has 0 saturated carbocycles. The summed E-state index contributed by atoms with van der Waals surface area (Å²) in [5.74, 6) is -3.12. The minimum Gasteiger partial charge on any atom is -0.480 e. The van der Waals surface area contributed by atoms with Crippen molar-refractivity contribution in [1.29, 1.82) is 0 Å². The van der Waals surface area contributed by atoms with Crippen LogP contribution in [0.15, 0.2) is 4.99 Å². The van der Waals surface area contributed by atoms with Crippen LogP contribution in [0, 0.1) is 0 Å². The molecule has 196 valence electrons. The van der Waals surface area contributed by atoms with Gasteiger partial charge in [0.05, 0.1) is 6.54 Å². The summed E-state index contributed by atoms with van der Waals surface area (Å²) in [4.78, 5) is 69.1. The second-order valence-corrected chi connectivity index (χ2v) is 8.72. The molecular weight excluding hydrogens is 460 g/mol. The van der Waals surface area contributed by atoms with Crippen molar-refractivity contribution in [1.82, 2.24) is 20.4 Å². The molecule has 2 fully saturated rings. The average Bonchev–Trinajstić information content (AvgIpc) is 3.49. The standard InChI is InChI=1S/C21H36N8O6/c1-12(20(34)35)26-17(31)15-7-4-10-29(15)19(33)13(5-2-8-25-21(23)24)27-18(32)14-6-3-9-28(14)16(30)11-22/h12-15H,2-11,22H2,1H3,(H,26,31)(H,27,32)(H,34,35)(H4,23,24,25)/t12-,13-,14-,15-/m0/s1. The number of likely N-dealkylation sites (tertiary alicyclic amines) is 2.